The Morgan fingerprint density at radius 3 is 2.24 bits per heavy atom. The topological polar surface area (TPSA) is 12.0 Å². The molecule has 0 saturated heterocycles. The van der Waals surface area contributed by atoms with E-state index in [4.69, 9.17) is 11.6 Å². The smallest absolute Gasteiger partial charge is 0.126 e. The average molecular weight is 262 g/mol. The van der Waals surface area contributed by atoms with E-state index in [1.165, 1.54) is 12.1 Å². The van der Waals surface area contributed by atoms with Gasteiger partial charge in [0, 0.05) is 24.5 Å². The number of benzene rings is 1. The maximum absolute atomic E-state index is 13.0. The van der Waals surface area contributed by atoms with Gasteiger partial charge in [0.05, 0.1) is 0 Å². The van der Waals surface area contributed by atoms with Crippen LogP contribution in [0, 0.1) is 17.6 Å². The van der Waals surface area contributed by atoms with Gasteiger partial charge in [0.1, 0.15) is 11.6 Å². The summed E-state index contributed by atoms with van der Waals surface area (Å²) in [6.45, 7) is 4.64. The predicted octanol–water partition coefficient (Wildman–Crippen LogP) is 3.71. The van der Waals surface area contributed by atoms with E-state index in [-0.39, 0.29) is 6.04 Å². The first-order valence-corrected chi connectivity index (χ1v) is 6.30. The molecular weight excluding hydrogens is 244 g/mol. The third-order valence-corrected chi connectivity index (χ3v) is 2.93. The first kappa shape index (κ1) is 14.4. The van der Waals surface area contributed by atoms with Crippen LogP contribution in [-0.4, -0.2) is 11.9 Å². The van der Waals surface area contributed by atoms with Gasteiger partial charge in [-0.3, -0.25) is 0 Å². The lowest BCUT2D eigenvalue weighted by atomic mass is 10.0. The quantitative estimate of drug-likeness (QED) is 0.770. The van der Waals surface area contributed by atoms with Crippen molar-refractivity contribution in [3.63, 3.8) is 0 Å². The maximum atomic E-state index is 13.0. The molecule has 1 unspecified atom stereocenters. The minimum atomic E-state index is -0.541. The Bertz CT molecular complexity index is 335. The number of nitrogens with one attached hydrogen (secondary N) is 1. The summed E-state index contributed by atoms with van der Waals surface area (Å²) in [5.74, 6) is -0.0690. The van der Waals surface area contributed by atoms with E-state index in [1.807, 2.05) is 0 Å². The summed E-state index contributed by atoms with van der Waals surface area (Å²) in [5.41, 5.74) is 0.614. The molecule has 0 radical (unpaired) electrons. The zero-order valence-corrected chi connectivity index (χ0v) is 10.9. The fraction of sp³-hybridized carbons (Fsp3) is 0.538. The second-order valence-electron chi connectivity index (χ2n) is 4.49. The van der Waals surface area contributed by atoms with Crippen molar-refractivity contribution in [2.24, 2.45) is 5.92 Å². The van der Waals surface area contributed by atoms with Crippen LogP contribution in [-0.2, 0) is 6.54 Å². The molecule has 1 aromatic rings. The van der Waals surface area contributed by atoms with Gasteiger partial charge >= 0.3 is 0 Å². The van der Waals surface area contributed by atoms with Gasteiger partial charge in [-0.25, -0.2) is 8.78 Å². The normalized spacial score (nSPS) is 13.1. The molecule has 0 aliphatic carbocycles. The summed E-state index contributed by atoms with van der Waals surface area (Å²) in [6.07, 6.45) is 0.844. The second kappa shape index (κ2) is 6.92. The lowest BCUT2D eigenvalue weighted by molar-refractivity contribution is 0.388. The molecule has 0 fully saturated rings. The van der Waals surface area contributed by atoms with Crippen molar-refractivity contribution < 1.29 is 8.78 Å². The molecular formula is C13H18ClF2N. The highest BCUT2D eigenvalue weighted by Gasteiger charge is 2.12. The van der Waals surface area contributed by atoms with Crippen LogP contribution in [0.4, 0.5) is 8.78 Å². The summed E-state index contributed by atoms with van der Waals surface area (Å²) >= 11 is 5.71. The van der Waals surface area contributed by atoms with Crippen molar-refractivity contribution in [1.82, 2.24) is 5.32 Å². The minimum absolute atomic E-state index is 0.263. The third kappa shape index (κ3) is 5.00. The highest BCUT2D eigenvalue weighted by Crippen LogP contribution is 2.11. The fourth-order valence-electron chi connectivity index (χ4n) is 1.75. The van der Waals surface area contributed by atoms with Crippen LogP contribution < -0.4 is 5.32 Å². The van der Waals surface area contributed by atoms with Crippen molar-refractivity contribution in [3.8, 4) is 0 Å². The highest BCUT2D eigenvalue weighted by atomic mass is 35.5. The molecule has 0 spiro atoms. The van der Waals surface area contributed by atoms with Gasteiger partial charge in [0.2, 0.25) is 0 Å². The summed E-state index contributed by atoms with van der Waals surface area (Å²) in [6, 6.07) is 3.82. The number of rotatable bonds is 6. The Balaban J connectivity index is 2.58. The molecule has 1 atom stereocenters. The number of halogens is 3. The summed E-state index contributed by atoms with van der Waals surface area (Å²) in [4.78, 5) is 0. The fourth-order valence-corrected chi connectivity index (χ4v) is 1.99. The van der Waals surface area contributed by atoms with Gasteiger partial charge in [-0.2, -0.15) is 0 Å². The first-order chi connectivity index (χ1) is 8.02. The molecule has 0 aliphatic rings. The Labute approximate surface area is 106 Å². The van der Waals surface area contributed by atoms with E-state index in [0.29, 0.717) is 23.9 Å². The van der Waals surface area contributed by atoms with E-state index in [2.05, 4.69) is 19.2 Å². The van der Waals surface area contributed by atoms with Crippen LogP contribution in [0.25, 0.3) is 0 Å². The van der Waals surface area contributed by atoms with Crippen molar-refractivity contribution in [1.29, 1.82) is 0 Å². The molecule has 1 N–H and O–H groups in total. The van der Waals surface area contributed by atoms with Crippen molar-refractivity contribution in [2.45, 2.75) is 32.9 Å². The van der Waals surface area contributed by atoms with E-state index < -0.39 is 11.6 Å². The average Bonchev–Trinajstić information content (AvgIpc) is 2.22. The maximum Gasteiger partial charge on any atom is 0.126 e. The lowest BCUT2D eigenvalue weighted by Gasteiger charge is -2.21. The summed E-state index contributed by atoms with van der Waals surface area (Å²) in [7, 11) is 0. The van der Waals surface area contributed by atoms with Crippen LogP contribution in [0.1, 0.15) is 25.8 Å². The number of alkyl halides is 1. The highest BCUT2D eigenvalue weighted by molar-refractivity contribution is 6.17. The van der Waals surface area contributed by atoms with Crippen LogP contribution in [0.15, 0.2) is 18.2 Å². The minimum Gasteiger partial charge on any atom is -0.310 e. The molecule has 0 aliphatic heterocycles. The van der Waals surface area contributed by atoms with Gasteiger partial charge in [-0.05, 0) is 30.0 Å². The monoisotopic (exact) mass is 261 g/mol. The van der Waals surface area contributed by atoms with Gasteiger partial charge in [0.25, 0.3) is 0 Å². The molecule has 0 aromatic heterocycles. The Hall–Kier alpha value is -0.670. The Morgan fingerprint density at radius 1 is 1.18 bits per heavy atom. The van der Waals surface area contributed by atoms with Crippen LogP contribution in [0.3, 0.4) is 0 Å². The summed E-state index contributed by atoms with van der Waals surface area (Å²) < 4.78 is 25.9. The van der Waals surface area contributed by atoms with Crippen molar-refractivity contribution in [3.05, 3.63) is 35.4 Å². The van der Waals surface area contributed by atoms with E-state index in [9.17, 15) is 8.78 Å². The molecule has 96 valence electrons. The molecule has 1 rings (SSSR count). The molecule has 0 heterocycles. The van der Waals surface area contributed by atoms with E-state index >= 15 is 0 Å². The zero-order valence-electron chi connectivity index (χ0n) is 10.1. The molecule has 0 saturated carbocycles. The molecule has 17 heavy (non-hydrogen) atoms. The van der Waals surface area contributed by atoms with Crippen LogP contribution in [0.5, 0.6) is 0 Å². The second-order valence-corrected chi connectivity index (χ2v) is 4.86. The molecule has 1 nitrogen and oxygen atoms in total. The molecule has 0 amide bonds. The molecule has 1 aromatic carbocycles. The first-order valence-electron chi connectivity index (χ1n) is 5.77. The van der Waals surface area contributed by atoms with Gasteiger partial charge < -0.3 is 5.32 Å². The zero-order chi connectivity index (χ0) is 12.8. The predicted molar refractivity (Wildman–Crippen MR) is 67.2 cm³/mol. The Morgan fingerprint density at radius 2 is 1.76 bits per heavy atom. The Kier molecular flexibility index (Phi) is 5.86. The van der Waals surface area contributed by atoms with Crippen molar-refractivity contribution >= 4 is 11.6 Å². The van der Waals surface area contributed by atoms with Gasteiger partial charge in [-0.15, -0.1) is 11.6 Å². The number of hydrogen-bond acceptors (Lipinski definition) is 1. The van der Waals surface area contributed by atoms with Gasteiger partial charge in [0.15, 0.2) is 0 Å². The molecule has 4 heteroatoms. The number of hydrogen-bond donors (Lipinski definition) is 1. The van der Waals surface area contributed by atoms with Crippen LogP contribution >= 0.6 is 11.6 Å². The van der Waals surface area contributed by atoms with Crippen LogP contribution in [0.2, 0.25) is 0 Å². The SMILES string of the molecule is CC(C)C(CCCl)NCc1cc(F)cc(F)c1. The third-order valence-electron chi connectivity index (χ3n) is 2.72. The van der Waals surface area contributed by atoms with E-state index in [1.54, 1.807) is 0 Å². The van der Waals surface area contributed by atoms with Gasteiger partial charge in [-0.1, -0.05) is 13.8 Å². The van der Waals surface area contributed by atoms with Crippen molar-refractivity contribution in [2.75, 3.05) is 5.88 Å². The molecule has 0 bridgehead atoms. The van der Waals surface area contributed by atoms with E-state index in [0.717, 1.165) is 12.5 Å². The lowest BCUT2D eigenvalue weighted by Crippen LogP contribution is -2.33. The standard InChI is InChI=1S/C13H18ClF2N/c1-9(2)13(3-4-14)17-8-10-5-11(15)7-12(16)6-10/h5-7,9,13,17H,3-4,8H2,1-2H3. The largest absolute Gasteiger partial charge is 0.310 e. The summed E-state index contributed by atoms with van der Waals surface area (Å²) in [5, 5.41) is 3.27.